The minimum absolute atomic E-state index is 0.0211. The molecule has 0 N–H and O–H groups in total. The Morgan fingerprint density at radius 1 is 1.30 bits per heavy atom. The largest absolute Gasteiger partial charge is 0.330 e. The summed E-state index contributed by atoms with van der Waals surface area (Å²) in [6, 6.07) is 11.4. The summed E-state index contributed by atoms with van der Waals surface area (Å²) in [7, 11) is 0. The zero-order valence-electron chi connectivity index (χ0n) is 17.5. The Hall–Kier alpha value is -2.90. The van der Waals surface area contributed by atoms with Crippen LogP contribution in [0.3, 0.4) is 0 Å². The zero-order chi connectivity index (χ0) is 21.4. The Morgan fingerprint density at radius 3 is 2.80 bits per heavy atom. The highest BCUT2D eigenvalue weighted by atomic mass is 16.2. The summed E-state index contributed by atoms with van der Waals surface area (Å²) in [4.78, 5) is 31.8. The van der Waals surface area contributed by atoms with Crippen LogP contribution in [0.5, 0.6) is 0 Å². The fraction of sp³-hybridized carbons (Fsp3) is 0.565. The van der Waals surface area contributed by atoms with Gasteiger partial charge < -0.3 is 9.80 Å². The van der Waals surface area contributed by atoms with E-state index < -0.39 is 0 Å². The highest BCUT2D eigenvalue weighted by Gasteiger charge is 2.51. The first-order chi connectivity index (χ1) is 14.4. The molecule has 1 aromatic rings. The molecule has 0 unspecified atom stereocenters. The van der Waals surface area contributed by atoms with Gasteiger partial charge in [0.15, 0.2) is 0 Å². The minimum Gasteiger partial charge on any atom is -0.330 e. The van der Waals surface area contributed by atoms with Crippen molar-refractivity contribution in [3.05, 3.63) is 35.4 Å². The van der Waals surface area contributed by atoms with Gasteiger partial charge in [-0.3, -0.25) is 14.5 Å². The van der Waals surface area contributed by atoms with Gasteiger partial charge >= 0.3 is 0 Å². The predicted molar refractivity (Wildman–Crippen MR) is 110 cm³/mol. The number of amides is 2. The van der Waals surface area contributed by atoms with Crippen LogP contribution in [0, 0.1) is 28.6 Å². The van der Waals surface area contributed by atoms with Gasteiger partial charge in [-0.05, 0) is 43.9 Å². The fourth-order valence-electron chi connectivity index (χ4n) is 5.30. The van der Waals surface area contributed by atoms with Crippen molar-refractivity contribution in [2.75, 3.05) is 19.6 Å². The molecule has 2 amide bonds. The Bertz CT molecular complexity index is 932. The van der Waals surface area contributed by atoms with Crippen molar-refractivity contribution < 1.29 is 9.59 Å². The van der Waals surface area contributed by atoms with Crippen LogP contribution >= 0.6 is 0 Å². The van der Waals surface area contributed by atoms with E-state index >= 15 is 0 Å². The van der Waals surface area contributed by atoms with Gasteiger partial charge in [0.1, 0.15) is 6.04 Å². The highest BCUT2D eigenvalue weighted by Crippen LogP contribution is 2.38. The van der Waals surface area contributed by atoms with Gasteiger partial charge in [-0.2, -0.15) is 10.5 Å². The molecule has 0 aromatic heterocycles. The van der Waals surface area contributed by atoms with E-state index in [0.717, 1.165) is 31.4 Å². The number of rotatable bonds is 5. The maximum absolute atomic E-state index is 13.1. The molecule has 0 radical (unpaired) electrons. The van der Waals surface area contributed by atoms with Crippen molar-refractivity contribution in [1.82, 2.24) is 14.7 Å². The lowest BCUT2D eigenvalue weighted by Crippen LogP contribution is -2.53. The van der Waals surface area contributed by atoms with E-state index in [1.54, 1.807) is 11.0 Å². The smallest absolute Gasteiger partial charge is 0.240 e. The van der Waals surface area contributed by atoms with Gasteiger partial charge in [-0.15, -0.1) is 0 Å². The van der Waals surface area contributed by atoms with Crippen molar-refractivity contribution in [3.63, 3.8) is 0 Å². The number of hydrogen-bond donors (Lipinski definition) is 0. The number of carbonyl (C=O) groups is 2. The highest BCUT2D eigenvalue weighted by molar-refractivity contribution is 5.86. The summed E-state index contributed by atoms with van der Waals surface area (Å²) in [5.74, 6) is -0.103. The molecule has 3 saturated heterocycles. The van der Waals surface area contributed by atoms with Crippen LogP contribution in [0.15, 0.2) is 24.3 Å². The van der Waals surface area contributed by atoms with Crippen molar-refractivity contribution in [2.24, 2.45) is 5.92 Å². The lowest BCUT2D eigenvalue weighted by atomic mass is 10.0. The van der Waals surface area contributed by atoms with Gasteiger partial charge in [0, 0.05) is 31.6 Å². The Kier molecular flexibility index (Phi) is 5.49. The normalized spacial score (nSPS) is 27.7. The Balaban J connectivity index is 1.40. The van der Waals surface area contributed by atoms with E-state index in [1.807, 2.05) is 36.9 Å². The van der Waals surface area contributed by atoms with E-state index in [-0.39, 0.29) is 41.9 Å². The van der Waals surface area contributed by atoms with Crippen molar-refractivity contribution >= 4 is 11.8 Å². The SMILES string of the molecule is C[C@@H](CN1C[C@H]2C[C@@H]1C(=O)N2[C@@H](C)c1cccc(C#N)c1)C(=O)N1CCC[C@H]1C#N. The second-order valence-corrected chi connectivity index (χ2v) is 8.74. The average Bonchev–Trinajstić information content (AvgIpc) is 3.47. The van der Waals surface area contributed by atoms with E-state index in [4.69, 9.17) is 5.26 Å². The molecule has 3 aliphatic rings. The number of carbonyl (C=O) groups excluding carboxylic acids is 2. The molecule has 0 aliphatic carbocycles. The third-order valence-corrected chi connectivity index (χ3v) is 6.84. The summed E-state index contributed by atoms with van der Waals surface area (Å²) >= 11 is 0. The van der Waals surface area contributed by atoms with E-state index in [2.05, 4.69) is 17.0 Å². The van der Waals surface area contributed by atoms with E-state index in [9.17, 15) is 14.9 Å². The number of hydrogen-bond acceptors (Lipinski definition) is 5. The number of fused-ring (bicyclic) bond motifs is 2. The number of piperazine rings is 1. The van der Waals surface area contributed by atoms with Gasteiger partial charge in [0.2, 0.25) is 11.8 Å². The summed E-state index contributed by atoms with van der Waals surface area (Å²) in [5.41, 5.74) is 1.57. The van der Waals surface area contributed by atoms with Crippen LogP contribution in [0.4, 0.5) is 0 Å². The van der Waals surface area contributed by atoms with Crippen LogP contribution in [0.1, 0.15) is 50.3 Å². The third-order valence-electron chi connectivity index (χ3n) is 6.84. The first kappa shape index (κ1) is 20.4. The quantitative estimate of drug-likeness (QED) is 0.748. The van der Waals surface area contributed by atoms with Gasteiger partial charge in [-0.1, -0.05) is 19.1 Å². The van der Waals surface area contributed by atoms with Gasteiger partial charge in [0.05, 0.1) is 29.8 Å². The summed E-state index contributed by atoms with van der Waals surface area (Å²) in [6.07, 6.45) is 2.41. The molecule has 5 atom stereocenters. The maximum Gasteiger partial charge on any atom is 0.240 e. The van der Waals surface area contributed by atoms with Crippen LogP contribution < -0.4 is 0 Å². The fourth-order valence-corrected chi connectivity index (χ4v) is 5.30. The predicted octanol–water partition coefficient (Wildman–Crippen LogP) is 2.06. The molecule has 1 aromatic carbocycles. The molecule has 7 nitrogen and oxygen atoms in total. The summed E-state index contributed by atoms with van der Waals surface area (Å²) in [6.45, 7) is 5.88. The Labute approximate surface area is 177 Å². The molecule has 0 saturated carbocycles. The van der Waals surface area contributed by atoms with Crippen molar-refractivity contribution in [3.8, 4) is 12.1 Å². The molecular formula is C23H27N5O2. The monoisotopic (exact) mass is 405 g/mol. The molecule has 30 heavy (non-hydrogen) atoms. The number of likely N-dealkylation sites (tertiary alicyclic amines) is 3. The number of nitrogens with zero attached hydrogens (tertiary/aromatic N) is 5. The lowest BCUT2D eigenvalue weighted by molar-refractivity contribution is -0.142. The second kappa shape index (κ2) is 8.08. The lowest BCUT2D eigenvalue weighted by Gasteiger charge is -2.38. The number of nitriles is 2. The minimum atomic E-state index is -0.308. The molecule has 0 spiro atoms. The standard InChI is InChI=1S/C23H27N5O2/c1-15(22(29)27-8-4-7-19(27)12-25)13-26-14-20-10-21(26)23(30)28(20)16(2)18-6-3-5-17(9-18)11-24/h3,5-6,9,15-16,19-21H,4,7-8,10,13-14H2,1-2H3/t15-,16-,19-,20+,21+/m0/s1. The first-order valence-electron chi connectivity index (χ1n) is 10.7. The zero-order valence-corrected chi connectivity index (χ0v) is 17.5. The number of benzene rings is 1. The van der Waals surface area contributed by atoms with Crippen molar-refractivity contribution in [2.45, 2.75) is 57.3 Å². The van der Waals surface area contributed by atoms with Crippen LogP contribution in [-0.4, -0.2) is 64.3 Å². The average molecular weight is 406 g/mol. The molecule has 3 aliphatic heterocycles. The third kappa shape index (κ3) is 3.44. The topological polar surface area (TPSA) is 91.4 Å². The molecule has 4 rings (SSSR count). The van der Waals surface area contributed by atoms with E-state index in [1.165, 1.54) is 0 Å². The molecule has 7 heteroatoms. The maximum atomic E-state index is 13.1. The molecule has 3 fully saturated rings. The second-order valence-electron chi connectivity index (χ2n) is 8.74. The van der Waals surface area contributed by atoms with Gasteiger partial charge in [-0.25, -0.2) is 0 Å². The molecule has 156 valence electrons. The van der Waals surface area contributed by atoms with Crippen LogP contribution in [-0.2, 0) is 9.59 Å². The molecule has 2 bridgehead atoms. The van der Waals surface area contributed by atoms with Crippen LogP contribution in [0.2, 0.25) is 0 Å². The molecule has 3 heterocycles. The van der Waals surface area contributed by atoms with E-state index in [0.29, 0.717) is 18.7 Å². The first-order valence-corrected chi connectivity index (χ1v) is 10.7. The molecular weight excluding hydrogens is 378 g/mol. The van der Waals surface area contributed by atoms with Crippen LogP contribution in [0.25, 0.3) is 0 Å². The van der Waals surface area contributed by atoms with Gasteiger partial charge in [0.25, 0.3) is 0 Å². The van der Waals surface area contributed by atoms with Crippen molar-refractivity contribution in [1.29, 1.82) is 10.5 Å². The summed E-state index contributed by atoms with van der Waals surface area (Å²) in [5, 5.41) is 18.4. The summed E-state index contributed by atoms with van der Waals surface area (Å²) < 4.78 is 0. The Morgan fingerprint density at radius 2 is 2.10 bits per heavy atom.